The second kappa shape index (κ2) is 4.16. The largest absolute Gasteiger partial charge is 0.332 e. The average Bonchev–Trinajstić information content (AvgIpc) is 3.09. The number of nitrogens with one attached hydrogen (secondary N) is 2. The van der Waals surface area contributed by atoms with Crippen molar-refractivity contribution < 1.29 is 0 Å². The van der Waals surface area contributed by atoms with Crippen molar-refractivity contribution in [3.05, 3.63) is 50.5 Å². The van der Waals surface area contributed by atoms with Gasteiger partial charge in [0, 0.05) is 28.1 Å². The monoisotopic (exact) mass is 298 g/mol. The number of thiophene rings is 1. The molecule has 0 spiro atoms. The Morgan fingerprint density at radius 1 is 1.19 bits per heavy atom. The Bertz CT molecular complexity index is 1100. The minimum atomic E-state index is -0.472. The van der Waals surface area contributed by atoms with Gasteiger partial charge < -0.3 is 4.98 Å². The Morgan fingerprint density at radius 2 is 2.00 bits per heavy atom. The fraction of sp³-hybridized carbons (Fsp3) is 0.0714. The highest BCUT2D eigenvalue weighted by molar-refractivity contribution is 7.17. The van der Waals surface area contributed by atoms with Crippen molar-refractivity contribution in [2.45, 2.75) is 0 Å². The van der Waals surface area contributed by atoms with Gasteiger partial charge in [0.1, 0.15) is 11.3 Å². The molecule has 3 heterocycles. The first-order valence-corrected chi connectivity index (χ1v) is 7.19. The van der Waals surface area contributed by atoms with Crippen molar-refractivity contribution in [2.75, 3.05) is 0 Å². The molecule has 104 valence electrons. The van der Waals surface area contributed by atoms with Gasteiger partial charge in [-0.1, -0.05) is 18.2 Å². The summed E-state index contributed by atoms with van der Waals surface area (Å²) in [4.78, 5) is 33.2. The van der Waals surface area contributed by atoms with Gasteiger partial charge in [0.25, 0.3) is 5.56 Å². The zero-order chi connectivity index (χ0) is 14.6. The molecular formula is C14H10N4O2S. The summed E-state index contributed by atoms with van der Waals surface area (Å²) in [6.45, 7) is 0. The van der Waals surface area contributed by atoms with Crippen LogP contribution in [0.4, 0.5) is 0 Å². The second-order valence-electron chi connectivity index (χ2n) is 4.75. The minimum Gasteiger partial charge on any atom is -0.332 e. The van der Waals surface area contributed by atoms with Crippen LogP contribution in [0, 0.1) is 0 Å². The van der Waals surface area contributed by atoms with Crippen LogP contribution in [0.3, 0.4) is 0 Å². The first-order chi connectivity index (χ1) is 10.1. The van der Waals surface area contributed by atoms with Crippen LogP contribution in [-0.4, -0.2) is 19.5 Å². The summed E-state index contributed by atoms with van der Waals surface area (Å²) in [5.41, 5.74) is 0.669. The molecule has 0 unspecified atom stereocenters. The van der Waals surface area contributed by atoms with Crippen molar-refractivity contribution in [3.63, 3.8) is 0 Å². The summed E-state index contributed by atoms with van der Waals surface area (Å²) < 4.78 is 2.47. The number of rotatable bonds is 1. The van der Waals surface area contributed by atoms with Gasteiger partial charge in [0.15, 0.2) is 5.65 Å². The third-order valence-electron chi connectivity index (χ3n) is 3.49. The predicted octanol–water partition coefficient (Wildman–Crippen LogP) is 1.83. The smallest absolute Gasteiger partial charge is 0.329 e. The first kappa shape index (κ1) is 12.1. The first-order valence-electron chi connectivity index (χ1n) is 6.31. The van der Waals surface area contributed by atoms with Gasteiger partial charge in [-0.05, 0) is 6.07 Å². The van der Waals surface area contributed by atoms with E-state index in [1.807, 2.05) is 29.6 Å². The number of nitrogens with zero attached hydrogens (tertiary/aromatic N) is 2. The third kappa shape index (κ3) is 1.67. The van der Waals surface area contributed by atoms with Gasteiger partial charge in [-0.3, -0.25) is 14.3 Å². The molecule has 0 bridgehead atoms. The van der Waals surface area contributed by atoms with Crippen LogP contribution < -0.4 is 11.2 Å². The van der Waals surface area contributed by atoms with Crippen molar-refractivity contribution in [3.8, 4) is 11.4 Å². The van der Waals surface area contributed by atoms with Crippen molar-refractivity contribution >= 4 is 32.6 Å². The molecule has 0 aliphatic rings. The molecule has 6 nitrogen and oxygen atoms in total. The number of H-pyrrole nitrogens is 2. The lowest BCUT2D eigenvalue weighted by molar-refractivity contribution is 0.832. The van der Waals surface area contributed by atoms with Gasteiger partial charge in [-0.2, -0.15) is 0 Å². The number of hydrogen-bond donors (Lipinski definition) is 2. The molecule has 0 fully saturated rings. The lowest BCUT2D eigenvalue weighted by atomic mass is 10.2. The SMILES string of the molecule is Cn1c(=O)[nH]c(=O)c2[nH]c(-c3csc4ccccc34)nc21. The van der Waals surface area contributed by atoms with Gasteiger partial charge in [0.2, 0.25) is 0 Å². The van der Waals surface area contributed by atoms with Crippen LogP contribution in [0.25, 0.3) is 32.6 Å². The standard InChI is InChI=1S/C14H10N4O2S/c1-18-12-10(13(19)17-14(18)20)15-11(16-12)8-6-21-9-5-3-2-4-7(8)9/h2-6H,1H3,(H,15,16)(H,17,19,20). The van der Waals surface area contributed by atoms with Crippen LogP contribution in [-0.2, 0) is 7.05 Å². The lowest BCUT2D eigenvalue weighted by Crippen LogP contribution is -2.28. The van der Waals surface area contributed by atoms with E-state index in [0.29, 0.717) is 17.0 Å². The normalized spacial score (nSPS) is 11.5. The molecule has 2 N–H and O–H groups in total. The molecule has 0 aliphatic carbocycles. The number of aromatic amines is 2. The summed E-state index contributed by atoms with van der Waals surface area (Å²) >= 11 is 1.62. The van der Waals surface area contributed by atoms with E-state index in [4.69, 9.17) is 0 Å². The number of hydrogen-bond acceptors (Lipinski definition) is 4. The Hall–Kier alpha value is -2.67. The third-order valence-corrected chi connectivity index (χ3v) is 4.45. The fourth-order valence-electron chi connectivity index (χ4n) is 2.39. The molecule has 7 heteroatoms. The molecule has 1 aromatic carbocycles. The van der Waals surface area contributed by atoms with E-state index < -0.39 is 11.2 Å². The quantitative estimate of drug-likeness (QED) is 0.562. The molecule has 4 aromatic rings. The number of benzene rings is 1. The molecule has 0 radical (unpaired) electrons. The maximum Gasteiger partial charge on any atom is 0.329 e. The summed E-state index contributed by atoms with van der Waals surface area (Å²) in [7, 11) is 1.58. The molecule has 0 saturated heterocycles. The van der Waals surface area contributed by atoms with Gasteiger partial charge in [-0.25, -0.2) is 9.78 Å². The minimum absolute atomic E-state index is 0.308. The van der Waals surface area contributed by atoms with E-state index in [1.165, 1.54) is 4.57 Å². The topological polar surface area (TPSA) is 83.5 Å². The molecule has 0 atom stereocenters. The van der Waals surface area contributed by atoms with Gasteiger partial charge in [0.05, 0.1) is 0 Å². The Kier molecular flexibility index (Phi) is 2.40. The number of imidazole rings is 1. The fourth-order valence-corrected chi connectivity index (χ4v) is 3.34. The molecule has 4 rings (SSSR count). The molecule has 0 aliphatic heterocycles. The predicted molar refractivity (Wildman–Crippen MR) is 82.8 cm³/mol. The summed E-state index contributed by atoms with van der Waals surface area (Å²) in [6.07, 6.45) is 0. The van der Waals surface area contributed by atoms with E-state index in [2.05, 4.69) is 15.0 Å². The van der Waals surface area contributed by atoms with Crippen LogP contribution >= 0.6 is 11.3 Å². The number of fused-ring (bicyclic) bond motifs is 2. The summed E-state index contributed by atoms with van der Waals surface area (Å²) in [6, 6.07) is 7.99. The summed E-state index contributed by atoms with van der Waals surface area (Å²) in [5.74, 6) is 0.592. The maximum absolute atomic E-state index is 11.9. The maximum atomic E-state index is 11.9. The molecule has 0 saturated carbocycles. The van der Waals surface area contributed by atoms with Gasteiger partial charge in [-0.15, -0.1) is 11.3 Å². The molecular weight excluding hydrogens is 288 g/mol. The number of aryl methyl sites for hydroxylation is 1. The zero-order valence-corrected chi connectivity index (χ0v) is 11.8. The highest BCUT2D eigenvalue weighted by Gasteiger charge is 2.14. The van der Waals surface area contributed by atoms with Gasteiger partial charge >= 0.3 is 5.69 Å². The van der Waals surface area contributed by atoms with E-state index >= 15 is 0 Å². The lowest BCUT2D eigenvalue weighted by Gasteiger charge is -1.94. The van der Waals surface area contributed by atoms with Crippen molar-refractivity contribution in [2.24, 2.45) is 7.05 Å². The average molecular weight is 298 g/mol. The van der Waals surface area contributed by atoms with E-state index in [0.717, 1.165) is 15.6 Å². The highest BCUT2D eigenvalue weighted by atomic mass is 32.1. The molecule has 21 heavy (non-hydrogen) atoms. The second-order valence-corrected chi connectivity index (χ2v) is 5.66. The van der Waals surface area contributed by atoms with Crippen LogP contribution in [0.5, 0.6) is 0 Å². The van der Waals surface area contributed by atoms with E-state index in [-0.39, 0.29) is 0 Å². The Balaban J connectivity index is 2.08. The van der Waals surface area contributed by atoms with Crippen LogP contribution in [0.1, 0.15) is 0 Å². The number of aromatic nitrogens is 4. The van der Waals surface area contributed by atoms with Crippen molar-refractivity contribution in [1.82, 2.24) is 19.5 Å². The van der Waals surface area contributed by atoms with E-state index in [1.54, 1.807) is 18.4 Å². The Morgan fingerprint density at radius 3 is 2.86 bits per heavy atom. The molecule has 0 amide bonds. The summed E-state index contributed by atoms with van der Waals surface area (Å²) in [5, 5.41) is 3.07. The zero-order valence-electron chi connectivity index (χ0n) is 11.0. The highest BCUT2D eigenvalue weighted by Crippen LogP contribution is 2.32. The Labute approximate surface area is 121 Å². The van der Waals surface area contributed by atoms with Crippen molar-refractivity contribution in [1.29, 1.82) is 0 Å². The molecule has 3 aromatic heterocycles. The van der Waals surface area contributed by atoms with Crippen LogP contribution in [0.2, 0.25) is 0 Å². The van der Waals surface area contributed by atoms with E-state index in [9.17, 15) is 9.59 Å². The van der Waals surface area contributed by atoms with Crippen LogP contribution in [0.15, 0.2) is 39.2 Å².